The van der Waals surface area contributed by atoms with Crippen LogP contribution in [-0.2, 0) is 11.2 Å². The van der Waals surface area contributed by atoms with Crippen molar-refractivity contribution in [2.75, 3.05) is 13.2 Å². The molecule has 2 N–H and O–H groups in total. The first-order valence-electron chi connectivity index (χ1n) is 6.11. The Hall–Kier alpha value is -1.36. The molecule has 0 radical (unpaired) electrons. The van der Waals surface area contributed by atoms with Crippen LogP contribution in [0.15, 0.2) is 12.3 Å². The van der Waals surface area contributed by atoms with E-state index in [-0.39, 0.29) is 18.6 Å². The number of nitrogens with one attached hydrogen (secondary N) is 1. The molecule has 1 amide bonds. The molecule has 5 nitrogen and oxygen atoms in total. The minimum absolute atomic E-state index is 0.00517. The fourth-order valence-corrected chi connectivity index (χ4v) is 2.00. The largest absolute Gasteiger partial charge is 0.395 e. The highest BCUT2D eigenvalue weighted by Gasteiger charge is 2.20. The maximum absolute atomic E-state index is 12.1. The molecule has 0 aliphatic carbocycles. The average molecular weight is 239 g/mol. The fourth-order valence-electron chi connectivity index (χ4n) is 2.00. The molecule has 0 saturated heterocycles. The second-order valence-electron chi connectivity index (χ2n) is 4.04. The van der Waals surface area contributed by atoms with Gasteiger partial charge in [-0.1, -0.05) is 13.8 Å². The van der Waals surface area contributed by atoms with E-state index in [1.54, 1.807) is 17.2 Å². The molecule has 96 valence electrons. The van der Waals surface area contributed by atoms with Gasteiger partial charge in [-0.2, -0.15) is 5.10 Å². The monoisotopic (exact) mass is 239 g/mol. The second kappa shape index (κ2) is 7.06. The summed E-state index contributed by atoms with van der Waals surface area (Å²) in [7, 11) is 0. The standard InChI is InChI=1S/C12H21N3O2/c1-3-11(4-2)15(7-8-16)12(17)9-10-5-6-13-14-10/h5-6,11,16H,3-4,7-9H2,1-2H3,(H,13,14). The molecule has 0 saturated carbocycles. The van der Waals surface area contributed by atoms with Crippen molar-refractivity contribution in [3.8, 4) is 0 Å². The van der Waals surface area contributed by atoms with Gasteiger partial charge in [-0.25, -0.2) is 0 Å². The van der Waals surface area contributed by atoms with Gasteiger partial charge < -0.3 is 10.0 Å². The lowest BCUT2D eigenvalue weighted by Crippen LogP contribution is -2.42. The molecule has 0 bridgehead atoms. The molecule has 0 aliphatic heterocycles. The van der Waals surface area contributed by atoms with Crippen LogP contribution in [0.3, 0.4) is 0 Å². The summed E-state index contributed by atoms with van der Waals surface area (Å²) in [6.07, 6.45) is 3.77. The van der Waals surface area contributed by atoms with Crippen LogP contribution in [0.4, 0.5) is 0 Å². The Morgan fingerprint density at radius 1 is 1.53 bits per heavy atom. The van der Waals surface area contributed by atoms with Crippen LogP contribution in [0, 0.1) is 0 Å². The van der Waals surface area contributed by atoms with Crippen LogP contribution in [-0.4, -0.2) is 45.3 Å². The first-order chi connectivity index (χ1) is 8.22. The molecule has 0 fully saturated rings. The normalized spacial score (nSPS) is 10.8. The SMILES string of the molecule is CCC(CC)N(CCO)C(=O)Cc1ccn[nH]1. The van der Waals surface area contributed by atoms with Gasteiger partial charge in [-0.15, -0.1) is 0 Å². The molecule has 0 atom stereocenters. The summed E-state index contributed by atoms with van der Waals surface area (Å²) in [6.45, 7) is 4.52. The number of aliphatic hydroxyl groups excluding tert-OH is 1. The van der Waals surface area contributed by atoms with Crippen molar-refractivity contribution < 1.29 is 9.90 Å². The summed E-state index contributed by atoms with van der Waals surface area (Å²) in [5.74, 6) is 0.0389. The van der Waals surface area contributed by atoms with Crippen LogP contribution in [0.2, 0.25) is 0 Å². The lowest BCUT2D eigenvalue weighted by molar-refractivity contribution is -0.133. The van der Waals surface area contributed by atoms with Gasteiger partial charge in [0.25, 0.3) is 0 Å². The molecule has 1 rings (SSSR count). The number of carbonyl (C=O) groups excluding carboxylic acids is 1. The van der Waals surface area contributed by atoms with Crippen molar-refractivity contribution in [2.24, 2.45) is 0 Å². The highest BCUT2D eigenvalue weighted by atomic mass is 16.3. The predicted molar refractivity (Wildman–Crippen MR) is 65.5 cm³/mol. The van der Waals surface area contributed by atoms with Crippen molar-refractivity contribution in [1.29, 1.82) is 0 Å². The van der Waals surface area contributed by atoms with Crippen LogP contribution >= 0.6 is 0 Å². The van der Waals surface area contributed by atoms with Crippen molar-refractivity contribution in [3.05, 3.63) is 18.0 Å². The Morgan fingerprint density at radius 3 is 2.71 bits per heavy atom. The van der Waals surface area contributed by atoms with Crippen LogP contribution in [0.1, 0.15) is 32.4 Å². The highest BCUT2D eigenvalue weighted by Crippen LogP contribution is 2.10. The second-order valence-corrected chi connectivity index (χ2v) is 4.04. The molecule has 17 heavy (non-hydrogen) atoms. The molecule has 0 spiro atoms. The maximum atomic E-state index is 12.1. The van der Waals surface area contributed by atoms with E-state index >= 15 is 0 Å². The van der Waals surface area contributed by atoms with E-state index in [1.165, 1.54) is 0 Å². The van der Waals surface area contributed by atoms with Gasteiger partial charge >= 0.3 is 0 Å². The molecule has 1 aromatic rings. The highest BCUT2D eigenvalue weighted by molar-refractivity contribution is 5.78. The topological polar surface area (TPSA) is 69.2 Å². The van der Waals surface area contributed by atoms with Gasteiger partial charge in [0.05, 0.1) is 13.0 Å². The van der Waals surface area contributed by atoms with Gasteiger partial charge in [-0.05, 0) is 18.9 Å². The molecule has 0 aliphatic rings. The number of hydrogen-bond donors (Lipinski definition) is 2. The van der Waals surface area contributed by atoms with Crippen molar-refractivity contribution >= 4 is 5.91 Å². The van der Waals surface area contributed by atoms with E-state index < -0.39 is 0 Å². The molecule has 0 aromatic carbocycles. The summed E-state index contributed by atoms with van der Waals surface area (Å²) in [6, 6.07) is 2.00. The van der Waals surface area contributed by atoms with Crippen molar-refractivity contribution in [1.82, 2.24) is 15.1 Å². The quantitative estimate of drug-likeness (QED) is 0.744. The van der Waals surface area contributed by atoms with Crippen molar-refractivity contribution in [2.45, 2.75) is 39.2 Å². The number of aromatic amines is 1. The summed E-state index contributed by atoms with van der Waals surface area (Å²) in [5, 5.41) is 15.6. The smallest absolute Gasteiger partial charge is 0.228 e. The van der Waals surface area contributed by atoms with Crippen molar-refractivity contribution in [3.63, 3.8) is 0 Å². The average Bonchev–Trinajstić information content (AvgIpc) is 2.82. The summed E-state index contributed by atoms with van der Waals surface area (Å²) >= 11 is 0. The number of carbonyl (C=O) groups is 1. The zero-order chi connectivity index (χ0) is 12.7. The third-order valence-corrected chi connectivity index (χ3v) is 2.94. The summed E-state index contributed by atoms with van der Waals surface area (Å²) < 4.78 is 0. The number of aromatic nitrogens is 2. The third-order valence-electron chi connectivity index (χ3n) is 2.94. The number of rotatable bonds is 7. The molecular formula is C12H21N3O2. The molecular weight excluding hydrogens is 218 g/mol. The number of aliphatic hydroxyl groups is 1. The number of amides is 1. The van der Waals surface area contributed by atoms with E-state index in [2.05, 4.69) is 24.0 Å². The van der Waals surface area contributed by atoms with Crippen LogP contribution in [0.5, 0.6) is 0 Å². The molecule has 1 aromatic heterocycles. The lowest BCUT2D eigenvalue weighted by atomic mass is 10.1. The molecule has 0 unspecified atom stereocenters. The van der Waals surface area contributed by atoms with Crippen LogP contribution in [0.25, 0.3) is 0 Å². The number of hydrogen-bond acceptors (Lipinski definition) is 3. The van der Waals surface area contributed by atoms with Gasteiger partial charge in [-0.3, -0.25) is 9.89 Å². The summed E-state index contributed by atoms with van der Waals surface area (Å²) in [5.41, 5.74) is 0.809. The van der Waals surface area contributed by atoms with E-state index in [0.717, 1.165) is 18.5 Å². The third kappa shape index (κ3) is 3.85. The summed E-state index contributed by atoms with van der Waals surface area (Å²) in [4.78, 5) is 13.9. The van der Waals surface area contributed by atoms with E-state index in [0.29, 0.717) is 13.0 Å². The Labute approximate surface area is 102 Å². The van der Waals surface area contributed by atoms with E-state index in [4.69, 9.17) is 5.11 Å². The Kier molecular flexibility index (Phi) is 5.69. The van der Waals surface area contributed by atoms with Crippen LogP contribution < -0.4 is 0 Å². The Balaban J connectivity index is 2.65. The minimum Gasteiger partial charge on any atom is -0.395 e. The fraction of sp³-hybridized carbons (Fsp3) is 0.667. The number of H-pyrrole nitrogens is 1. The first-order valence-corrected chi connectivity index (χ1v) is 6.11. The van der Waals surface area contributed by atoms with Gasteiger partial charge in [0.1, 0.15) is 0 Å². The first kappa shape index (κ1) is 13.7. The minimum atomic E-state index is 0.00517. The maximum Gasteiger partial charge on any atom is 0.228 e. The lowest BCUT2D eigenvalue weighted by Gasteiger charge is -2.30. The zero-order valence-electron chi connectivity index (χ0n) is 10.5. The van der Waals surface area contributed by atoms with E-state index in [1.807, 2.05) is 0 Å². The van der Waals surface area contributed by atoms with Gasteiger partial charge in [0.2, 0.25) is 5.91 Å². The van der Waals surface area contributed by atoms with Gasteiger partial charge in [0.15, 0.2) is 0 Å². The zero-order valence-corrected chi connectivity index (χ0v) is 10.5. The van der Waals surface area contributed by atoms with E-state index in [9.17, 15) is 4.79 Å². The Bertz CT molecular complexity index is 321. The number of nitrogens with zero attached hydrogens (tertiary/aromatic N) is 2. The predicted octanol–water partition coefficient (Wildman–Crippen LogP) is 0.962. The molecule has 1 heterocycles. The Morgan fingerprint density at radius 2 is 2.24 bits per heavy atom. The van der Waals surface area contributed by atoms with Gasteiger partial charge in [0, 0.05) is 24.5 Å². The molecule has 5 heteroatoms.